The van der Waals surface area contributed by atoms with Crippen LogP contribution < -0.4 is 5.32 Å². The lowest BCUT2D eigenvalue weighted by molar-refractivity contribution is 0.544. The minimum Gasteiger partial charge on any atom is -0.453 e. The molecule has 1 heterocycles. The maximum atomic E-state index is 6.03. The van der Waals surface area contributed by atoms with Crippen LogP contribution in [-0.4, -0.2) is 7.05 Å². The van der Waals surface area contributed by atoms with E-state index < -0.39 is 0 Å². The zero-order valence-electron chi connectivity index (χ0n) is 11.0. The lowest BCUT2D eigenvalue weighted by Crippen LogP contribution is -2.18. The minimum absolute atomic E-state index is 0.179. The highest BCUT2D eigenvalue weighted by atomic mass is 35.5. The molecular weight excluding hydrogens is 246 g/mol. The van der Waals surface area contributed by atoms with Crippen LogP contribution in [0, 0.1) is 13.8 Å². The van der Waals surface area contributed by atoms with Crippen molar-refractivity contribution in [1.82, 2.24) is 5.32 Å². The van der Waals surface area contributed by atoms with Gasteiger partial charge >= 0.3 is 0 Å². The van der Waals surface area contributed by atoms with Crippen molar-refractivity contribution < 1.29 is 4.42 Å². The van der Waals surface area contributed by atoms with Crippen LogP contribution in [-0.2, 0) is 6.42 Å². The largest absolute Gasteiger partial charge is 0.453 e. The fourth-order valence-corrected chi connectivity index (χ4v) is 2.33. The van der Waals surface area contributed by atoms with Crippen molar-refractivity contribution in [3.05, 3.63) is 58.0 Å². The topological polar surface area (TPSA) is 25.2 Å². The van der Waals surface area contributed by atoms with Crippen LogP contribution in [0.2, 0.25) is 5.22 Å². The van der Waals surface area contributed by atoms with E-state index in [0.717, 1.165) is 12.0 Å². The van der Waals surface area contributed by atoms with Gasteiger partial charge in [-0.1, -0.05) is 18.2 Å². The van der Waals surface area contributed by atoms with E-state index in [1.807, 2.05) is 13.1 Å². The molecule has 0 fully saturated rings. The van der Waals surface area contributed by atoms with E-state index in [4.69, 9.17) is 16.0 Å². The van der Waals surface area contributed by atoms with E-state index in [2.05, 4.69) is 37.4 Å². The zero-order chi connectivity index (χ0) is 13.1. The Labute approximate surface area is 113 Å². The van der Waals surface area contributed by atoms with Crippen LogP contribution in [0.15, 0.2) is 34.9 Å². The third-order valence-corrected chi connectivity index (χ3v) is 3.69. The summed E-state index contributed by atoms with van der Waals surface area (Å²) in [6.07, 6.45) is 2.53. The van der Waals surface area contributed by atoms with E-state index in [0.29, 0.717) is 5.22 Å². The summed E-state index contributed by atoms with van der Waals surface area (Å²) in [7, 11) is 1.94. The van der Waals surface area contributed by atoms with Crippen LogP contribution in [0.5, 0.6) is 0 Å². The smallest absolute Gasteiger partial charge is 0.197 e. The number of furan rings is 1. The van der Waals surface area contributed by atoms with Crippen LogP contribution in [0.4, 0.5) is 0 Å². The van der Waals surface area contributed by atoms with Crippen LogP contribution >= 0.6 is 11.6 Å². The van der Waals surface area contributed by atoms with E-state index in [1.54, 1.807) is 6.26 Å². The summed E-state index contributed by atoms with van der Waals surface area (Å²) < 4.78 is 5.15. The number of hydrogen-bond donors (Lipinski definition) is 1. The number of rotatable bonds is 4. The molecule has 0 bridgehead atoms. The number of hydrogen-bond acceptors (Lipinski definition) is 2. The third kappa shape index (κ3) is 2.77. The first-order valence-corrected chi connectivity index (χ1v) is 6.46. The normalized spacial score (nSPS) is 12.7. The van der Waals surface area contributed by atoms with Crippen molar-refractivity contribution in [2.24, 2.45) is 0 Å². The van der Waals surface area contributed by atoms with E-state index >= 15 is 0 Å². The first kappa shape index (κ1) is 13.2. The molecule has 1 N–H and O–H groups in total. The second-order valence-corrected chi connectivity index (χ2v) is 4.96. The second-order valence-electron chi connectivity index (χ2n) is 4.61. The SMILES string of the molecule is CNC(Cc1ccc(C)c(C)c1)c1ccoc1Cl. The van der Waals surface area contributed by atoms with Gasteiger partial charge in [-0.05, 0) is 61.7 Å². The zero-order valence-corrected chi connectivity index (χ0v) is 11.7. The number of aryl methyl sites for hydroxylation is 2. The first-order chi connectivity index (χ1) is 8.61. The molecule has 1 unspecified atom stereocenters. The summed E-state index contributed by atoms with van der Waals surface area (Å²) in [5.41, 5.74) is 4.95. The molecule has 2 aromatic rings. The fourth-order valence-electron chi connectivity index (χ4n) is 2.09. The summed E-state index contributed by atoms with van der Waals surface area (Å²) in [5, 5.41) is 3.75. The number of nitrogens with one attached hydrogen (secondary N) is 1. The molecule has 1 aromatic heterocycles. The third-order valence-electron chi connectivity index (χ3n) is 3.38. The van der Waals surface area contributed by atoms with Crippen molar-refractivity contribution in [2.75, 3.05) is 7.05 Å². The predicted molar refractivity (Wildman–Crippen MR) is 75.1 cm³/mol. The molecule has 2 nitrogen and oxygen atoms in total. The molecule has 0 amide bonds. The van der Waals surface area contributed by atoms with Crippen LogP contribution in [0.25, 0.3) is 0 Å². The van der Waals surface area contributed by atoms with E-state index in [1.165, 1.54) is 16.7 Å². The average Bonchev–Trinajstić information content (AvgIpc) is 2.77. The van der Waals surface area contributed by atoms with E-state index in [9.17, 15) is 0 Å². The van der Waals surface area contributed by atoms with Gasteiger partial charge in [-0.15, -0.1) is 0 Å². The quantitative estimate of drug-likeness (QED) is 0.900. The highest BCUT2D eigenvalue weighted by Crippen LogP contribution is 2.27. The van der Waals surface area contributed by atoms with Gasteiger partial charge in [0.15, 0.2) is 5.22 Å². The van der Waals surface area contributed by atoms with Crippen LogP contribution in [0.1, 0.15) is 28.3 Å². The van der Waals surface area contributed by atoms with Crippen LogP contribution in [0.3, 0.4) is 0 Å². The molecular formula is C15H18ClNO. The molecule has 1 atom stereocenters. The van der Waals surface area contributed by atoms with E-state index in [-0.39, 0.29) is 6.04 Å². The molecule has 3 heteroatoms. The maximum absolute atomic E-state index is 6.03. The molecule has 0 aliphatic carbocycles. The van der Waals surface area contributed by atoms with Crippen molar-refractivity contribution in [3.63, 3.8) is 0 Å². The van der Waals surface area contributed by atoms with Gasteiger partial charge in [0.25, 0.3) is 0 Å². The van der Waals surface area contributed by atoms with Gasteiger partial charge in [0, 0.05) is 11.6 Å². The Kier molecular flexibility index (Phi) is 4.10. The average molecular weight is 264 g/mol. The number of likely N-dealkylation sites (N-methyl/N-ethyl adjacent to an activating group) is 1. The Bertz CT molecular complexity index is 533. The molecule has 0 saturated carbocycles. The summed E-state index contributed by atoms with van der Waals surface area (Å²) in [6.45, 7) is 4.26. The first-order valence-electron chi connectivity index (χ1n) is 6.08. The molecule has 2 rings (SSSR count). The van der Waals surface area contributed by atoms with Gasteiger partial charge in [0.05, 0.1) is 6.26 Å². The number of halogens is 1. The van der Waals surface area contributed by atoms with Gasteiger partial charge in [0.1, 0.15) is 0 Å². The highest BCUT2D eigenvalue weighted by Gasteiger charge is 2.15. The Morgan fingerprint density at radius 3 is 2.56 bits per heavy atom. The lowest BCUT2D eigenvalue weighted by atomic mass is 9.98. The minimum atomic E-state index is 0.179. The predicted octanol–water partition coefficient (Wildman–Crippen LogP) is 4.05. The molecule has 96 valence electrons. The molecule has 0 saturated heterocycles. The standard InChI is InChI=1S/C15H18ClNO/c1-10-4-5-12(8-11(10)2)9-14(17-3)13-6-7-18-15(13)16/h4-8,14,17H,9H2,1-3H3. The van der Waals surface area contributed by atoms with Crippen molar-refractivity contribution in [3.8, 4) is 0 Å². The summed E-state index contributed by atoms with van der Waals surface area (Å²) in [4.78, 5) is 0. The number of benzene rings is 1. The Morgan fingerprint density at radius 1 is 1.22 bits per heavy atom. The summed E-state index contributed by atoms with van der Waals surface area (Å²) in [5.74, 6) is 0. The lowest BCUT2D eigenvalue weighted by Gasteiger charge is -2.16. The Balaban J connectivity index is 2.20. The molecule has 0 radical (unpaired) electrons. The van der Waals surface area contributed by atoms with Gasteiger partial charge in [-0.25, -0.2) is 0 Å². The summed E-state index contributed by atoms with van der Waals surface area (Å²) in [6, 6.07) is 8.66. The van der Waals surface area contributed by atoms with Gasteiger partial charge < -0.3 is 9.73 Å². The molecule has 1 aromatic carbocycles. The highest BCUT2D eigenvalue weighted by molar-refractivity contribution is 6.29. The molecule has 0 spiro atoms. The van der Waals surface area contributed by atoms with Gasteiger partial charge in [-0.2, -0.15) is 0 Å². The monoisotopic (exact) mass is 263 g/mol. The van der Waals surface area contributed by atoms with Gasteiger partial charge in [0.2, 0.25) is 0 Å². The Hall–Kier alpha value is -1.25. The molecule has 0 aliphatic heterocycles. The fraction of sp³-hybridized carbons (Fsp3) is 0.333. The molecule has 18 heavy (non-hydrogen) atoms. The van der Waals surface area contributed by atoms with Crippen molar-refractivity contribution >= 4 is 11.6 Å². The Morgan fingerprint density at radius 2 is 2.00 bits per heavy atom. The van der Waals surface area contributed by atoms with Crippen molar-refractivity contribution in [1.29, 1.82) is 0 Å². The van der Waals surface area contributed by atoms with Gasteiger partial charge in [-0.3, -0.25) is 0 Å². The second kappa shape index (κ2) is 5.59. The maximum Gasteiger partial charge on any atom is 0.197 e. The molecule has 0 aliphatic rings. The van der Waals surface area contributed by atoms with Crippen molar-refractivity contribution in [2.45, 2.75) is 26.3 Å². The summed E-state index contributed by atoms with van der Waals surface area (Å²) >= 11 is 6.03.